The molecule has 0 bridgehead atoms. The van der Waals surface area contributed by atoms with Crippen molar-refractivity contribution in [3.63, 3.8) is 0 Å². The van der Waals surface area contributed by atoms with Gasteiger partial charge in [0.05, 0.1) is 23.7 Å². The molecule has 1 amide bonds. The highest BCUT2D eigenvalue weighted by molar-refractivity contribution is 5.94. The molecule has 2 atom stereocenters. The van der Waals surface area contributed by atoms with Crippen molar-refractivity contribution in [2.45, 2.75) is 46.0 Å². The molecule has 2 aromatic carbocycles. The second kappa shape index (κ2) is 8.74. The molecule has 1 aromatic heterocycles. The Kier molecular flexibility index (Phi) is 6.02. The van der Waals surface area contributed by atoms with E-state index in [9.17, 15) is 9.59 Å². The van der Waals surface area contributed by atoms with Crippen LogP contribution in [0.25, 0.3) is 10.9 Å². The first kappa shape index (κ1) is 22.0. The first-order chi connectivity index (χ1) is 15.2. The van der Waals surface area contributed by atoms with E-state index in [4.69, 9.17) is 4.74 Å². The predicted molar refractivity (Wildman–Crippen MR) is 123 cm³/mol. The Balaban J connectivity index is 1.37. The third-order valence-corrected chi connectivity index (χ3v) is 5.88. The smallest absolute Gasteiger partial charge is 0.312 e. The van der Waals surface area contributed by atoms with Gasteiger partial charge >= 0.3 is 5.97 Å². The largest absolute Gasteiger partial charge is 0.446 e. The maximum Gasteiger partial charge on any atom is 0.312 e. The third-order valence-electron chi connectivity index (χ3n) is 5.88. The van der Waals surface area contributed by atoms with E-state index in [0.717, 1.165) is 16.5 Å². The fourth-order valence-corrected chi connectivity index (χ4v) is 3.82. The molecule has 1 saturated heterocycles. The number of fused-ring (bicyclic) bond motifs is 1. The summed E-state index contributed by atoms with van der Waals surface area (Å²) in [7, 11) is 1.80. The summed E-state index contributed by atoms with van der Waals surface area (Å²) < 4.78 is 7.50. The van der Waals surface area contributed by atoms with Crippen LogP contribution in [-0.2, 0) is 16.1 Å². The Bertz CT molecular complexity index is 1110. The van der Waals surface area contributed by atoms with E-state index in [2.05, 4.69) is 16.5 Å². The van der Waals surface area contributed by atoms with Crippen LogP contribution in [0.4, 0.5) is 0 Å². The van der Waals surface area contributed by atoms with Crippen molar-refractivity contribution < 1.29 is 14.3 Å². The molecule has 1 unspecified atom stereocenters. The van der Waals surface area contributed by atoms with Gasteiger partial charge in [-0.2, -0.15) is 5.10 Å². The normalized spacial score (nSPS) is 18.6. The summed E-state index contributed by atoms with van der Waals surface area (Å²) in [5.74, 6) is -0.291. The van der Waals surface area contributed by atoms with Gasteiger partial charge in [-0.3, -0.25) is 19.6 Å². The minimum Gasteiger partial charge on any atom is -0.446 e. The topological polar surface area (TPSA) is 76.5 Å². The van der Waals surface area contributed by atoms with Crippen LogP contribution < -0.4 is 5.32 Å². The van der Waals surface area contributed by atoms with Crippen LogP contribution in [0.1, 0.15) is 43.1 Å². The number of carbonyl (C=O) groups excluding carboxylic acids is 2. The number of nitrogens with zero attached hydrogens (tertiary/aromatic N) is 3. The lowest BCUT2D eigenvalue weighted by Crippen LogP contribution is -2.38. The second-order valence-corrected chi connectivity index (χ2v) is 9.42. The SMILES string of the molecule is CN(C(=O)c1ccc(Cn2ncc3ccccc32)cc1)[C@H]1CNC(OC(=O)C(C)(C)C)C1. The summed E-state index contributed by atoms with van der Waals surface area (Å²) in [6.07, 6.45) is 2.08. The van der Waals surface area contributed by atoms with E-state index in [1.165, 1.54) is 0 Å². The van der Waals surface area contributed by atoms with Gasteiger partial charge in [0.15, 0.2) is 6.23 Å². The highest BCUT2D eigenvalue weighted by Crippen LogP contribution is 2.21. The number of carbonyl (C=O) groups is 2. The summed E-state index contributed by atoms with van der Waals surface area (Å²) >= 11 is 0. The van der Waals surface area contributed by atoms with Gasteiger partial charge in [0.2, 0.25) is 0 Å². The molecule has 3 aromatic rings. The van der Waals surface area contributed by atoms with Gasteiger partial charge < -0.3 is 9.64 Å². The van der Waals surface area contributed by atoms with Crippen molar-refractivity contribution in [2.75, 3.05) is 13.6 Å². The second-order valence-electron chi connectivity index (χ2n) is 9.42. The Morgan fingerprint density at radius 1 is 1.16 bits per heavy atom. The monoisotopic (exact) mass is 434 g/mol. The Hall–Kier alpha value is -3.19. The number of aromatic nitrogens is 2. The molecule has 4 rings (SSSR count). The zero-order valence-corrected chi connectivity index (χ0v) is 19.0. The highest BCUT2D eigenvalue weighted by atomic mass is 16.6. The molecule has 7 nitrogen and oxygen atoms in total. The molecule has 0 aliphatic carbocycles. The number of hydrogen-bond acceptors (Lipinski definition) is 5. The van der Waals surface area contributed by atoms with Crippen LogP contribution in [0.3, 0.4) is 0 Å². The summed E-state index contributed by atoms with van der Waals surface area (Å²) in [6, 6.07) is 15.7. The van der Waals surface area contributed by atoms with Crippen LogP contribution >= 0.6 is 0 Å². The molecular weight excluding hydrogens is 404 g/mol. The molecular formula is C25H30N4O3. The molecule has 1 aliphatic heterocycles. The molecule has 1 aliphatic rings. The number of amides is 1. The predicted octanol–water partition coefficient (Wildman–Crippen LogP) is 3.43. The maximum absolute atomic E-state index is 13.0. The lowest BCUT2D eigenvalue weighted by atomic mass is 9.97. The quantitative estimate of drug-likeness (QED) is 0.623. The minimum atomic E-state index is -0.550. The van der Waals surface area contributed by atoms with Crippen molar-refractivity contribution in [1.82, 2.24) is 20.0 Å². The Labute approximate surface area is 188 Å². The lowest BCUT2D eigenvalue weighted by Gasteiger charge is -2.24. The fraction of sp³-hybridized carbons (Fsp3) is 0.400. The standard InChI is InChI=1S/C25H30N4O3/c1-25(2,3)24(31)32-22-13-20(15-26-22)28(4)23(30)18-11-9-17(10-12-18)16-29-21-8-6-5-7-19(21)14-27-29/h5-12,14,20,22,26H,13,15-16H2,1-4H3/t20-,22?/m1/s1. The number of rotatable bonds is 5. The molecule has 1 N–H and O–H groups in total. The highest BCUT2D eigenvalue weighted by Gasteiger charge is 2.34. The Morgan fingerprint density at radius 3 is 2.59 bits per heavy atom. The van der Waals surface area contributed by atoms with Crippen LogP contribution in [0.2, 0.25) is 0 Å². The molecule has 0 radical (unpaired) electrons. The maximum atomic E-state index is 13.0. The van der Waals surface area contributed by atoms with Crippen LogP contribution in [0.15, 0.2) is 54.7 Å². The zero-order chi connectivity index (χ0) is 22.9. The van der Waals surface area contributed by atoms with E-state index in [-0.39, 0.29) is 24.1 Å². The van der Waals surface area contributed by atoms with Gasteiger partial charge in [-0.1, -0.05) is 30.3 Å². The molecule has 0 spiro atoms. The zero-order valence-electron chi connectivity index (χ0n) is 19.0. The van der Waals surface area contributed by atoms with E-state index in [1.807, 2.05) is 74.1 Å². The molecule has 0 saturated carbocycles. The number of esters is 1. The number of hydrogen-bond donors (Lipinski definition) is 1. The average molecular weight is 435 g/mol. The summed E-state index contributed by atoms with van der Waals surface area (Å²) in [4.78, 5) is 26.8. The number of likely N-dealkylation sites (N-methyl/N-ethyl adjacent to an activating group) is 1. The summed E-state index contributed by atoms with van der Waals surface area (Å²) in [5.41, 5.74) is 2.25. The van der Waals surface area contributed by atoms with Crippen molar-refractivity contribution in [3.8, 4) is 0 Å². The van der Waals surface area contributed by atoms with E-state index in [0.29, 0.717) is 25.1 Å². The minimum absolute atomic E-state index is 0.0321. The van der Waals surface area contributed by atoms with Crippen molar-refractivity contribution in [2.24, 2.45) is 5.41 Å². The number of para-hydroxylation sites is 1. The van der Waals surface area contributed by atoms with Crippen LogP contribution in [0.5, 0.6) is 0 Å². The van der Waals surface area contributed by atoms with Gasteiger partial charge in [-0.25, -0.2) is 0 Å². The van der Waals surface area contributed by atoms with Crippen molar-refractivity contribution >= 4 is 22.8 Å². The molecule has 2 heterocycles. The number of benzene rings is 2. The molecule has 32 heavy (non-hydrogen) atoms. The van der Waals surface area contributed by atoms with Gasteiger partial charge in [-0.05, 0) is 44.5 Å². The van der Waals surface area contributed by atoms with Gasteiger partial charge in [-0.15, -0.1) is 0 Å². The van der Waals surface area contributed by atoms with Crippen LogP contribution in [0, 0.1) is 5.41 Å². The van der Waals surface area contributed by atoms with Crippen LogP contribution in [-0.4, -0.2) is 52.4 Å². The van der Waals surface area contributed by atoms with E-state index < -0.39 is 5.41 Å². The van der Waals surface area contributed by atoms with E-state index in [1.54, 1.807) is 11.9 Å². The molecule has 7 heteroatoms. The third kappa shape index (κ3) is 4.67. The summed E-state index contributed by atoms with van der Waals surface area (Å²) in [6.45, 7) is 6.72. The van der Waals surface area contributed by atoms with E-state index >= 15 is 0 Å². The Morgan fingerprint density at radius 2 is 1.88 bits per heavy atom. The summed E-state index contributed by atoms with van der Waals surface area (Å²) in [5, 5.41) is 8.78. The van der Waals surface area contributed by atoms with Crippen molar-refractivity contribution in [3.05, 3.63) is 65.9 Å². The number of ether oxygens (including phenoxy) is 1. The first-order valence-corrected chi connectivity index (χ1v) is 10.9. The van der Waals surface area contributed by atoms with Gasteiger partial charge in [0.25, 0.3) is 5.91 Å². The average Bonchev–Trinajstić information content (AvgIpc) is 3.40. The number of nitrogens with one attached hydrogen (secondary N) is 1. The first-order valence-electron chi connectivity index (χ1n) is 10.9. The fourth-order valence-electron chi connectivity index (χ4n) is 3.82. The lowest BCUT2D eigenvalue weighted by molar-refractivity contribution is -0.159. The van der Waals surface area contributed by atoms with Gasteiger partial charge in [0, 0.05) is 37.0 Å². The molecule has 1 fully saturated rings. The molecule has 168 valence electrons. The van der Waals surface area contributed by atoms with Gasteiger partial charge in [0.1, 0.15) is 0 Å². The van der Waals surface area contributed by atoms with Crippen molar-refractivity contribution in [1.29, 1.82) is 0 Å².